The minimum Gasteiger partial charge on any atom is -0.396 e. The van der Waals surface area contributed by atoms with Crippen LogP contribution < -0.4 is 11.1 Å². The number of para-hydroxylation sites is 1. The molecule has 0 fully saturated rings. The van der Waals surface area contributed by atoms with E-state index in [2.05, 4.69) is 10.3 Å². The summed E-state index contributed by atoms with van der Waals surface area (Å²) >= 11 is 0. The Hall–Kier alpha value is -2.69. The molecule has 0 radical (unpaired) electrons. The lowest BCUT2D eigenvalue weighted by atomic mass is 10.1. The molecule has 1 heterocycles. The van der Waals surface area contributed by atoms with E-state index in [0.717, 1.165) is 22.7 Å². The van der Waals surface area contributed by atoms with Gasteiger partial charge in [-0.3, -0.25) is 4.98 Å². The first-order valence-corrected chi connectivity index (χ1v) is 6.46. The van der Waals surface area contributed by atoms with Crippen molar-refractivity contribution in [2.24, 2.45) is 0 Å². The number of halogens is 2. The van der Waals surface area contributed by atoms with Crippen molar-refractivity contribution in [2.45, 2.75) is 6.54 Å². The Bertz CT molecular complexity index is 803. The number of nitrogens with zero attached hydrogens (tertiary/aromatic N) is 1. The number of hydrogen-bond donors (Lipinski definition) is 2. The van der Waals surface area contributed by atoms with Gasteiger partial charge in [-0.25, -0.2) is 8.78 Å². The summed E-state index contributed by atoms with van der Waals surface area (Å²) in [6.45, 7) is 0.343. The van der Waals surface area contributed by atoms with E-state index in [0.29, 0.717) is 17.8 Å². The van der Waals surface area contributed by atoms with Crippen LogP contribution in [0.15, 0.2) is 48.7 Å². The third-order valence-corrected chi connectivity index (χ3v) is 3.26. The second-order valence-electron chi connectivity index (χ2n) is 4.71. The average molecular weight is 285 g/mol. The first-order valence-electron chi connectivity index (χ1n) is 6.46. The van der Waals surface area contributed by atoms with Crippen LogP contribution in [0.2, 0.25) is 0 Å². The van der Waals surface area contributed by atoms with Crippen LogP contribution in [0, 0.1) is 11.6 Å². The lowest BCUT2D eigenvalue weighted by Gasteiger charge is -2.12. The molecule has 0 unspecified atom stereocenters. The maximum atomic E-state index is 13.2. The van der Waals surface area contributed by atoms with Gasteiger partial charge in [0.15, 0.2) is 11.6 Å². The molecule has 1 aromatic heterocycles. The fourth-order valence-electron chi connectivity index (χ4n) is 2.19. The predicted octanol–water partition coefficient (Wildman–Crippen LogP) is 3.71. The van der Waals surface area contributed by atoms with Crippen molar-refractivity contribution in [2.75, 3.05) is 11.1 Å². The number of anilines is 2. The van der Waals surface area contributed by atoms with Gasteiger partial charge >= 0.3 is 0 Å². The molecule has 0 saturated heterocycles. The van der Waals surface area contributed by atoms with Gasteiger partial charge in [0.05, 0.1) is 23.1 Å². The number of benzene rings is 2. The van der Waals surface area contributed by atoms with Gasteiger partial charge in [0, 0.05) is 11.9 Å². The minimum atomic E-state index is -0.859. The highest BCUT2D eigenvalue weighted by Crippen LogP contribution is 2.28. The zero-order chi connectivity index (χ0) is 14.8. The summed E-state index contributed by atoms with van der Waals surface area (Å²) in [7, 11) is 0. The lowest BCUT2D eigenvalue weighted by Crippen LogP contribution is -2.04. The topological polar surface area (TPSA) is 50.9 Å². The Morgan fingerprint density at radius 3 is 2.67 bits per heavy atom. The number of nitrogens with two attached hydrogens (primary N) is 1. The van der Waals surface area contributed by atoms with Gasteiger partial charge in [-0.1, -0.05) is 24.3 Å². The number of nitrogens with one attached hydrogen (secondary N) is 1. The standard InChI is InChI=1S/C16H13F2N3/c17-12-6-5-10(7-13(12)18)8-21-16-11-3-1-2-4-15(11)20-9-14(16)19/h1-7,9H,8,19H2,(H,20,21). The first kappa shape index (κ1) is 13.3. The molecule has 3 aromatic rings. The van der Waals surface area contributed by atoms with E-state index in [1.165, 1.54) is 12.1 Å². The van der Waals surface area contributed by atoms with Gasteiger partial charge in [0.25, 0.3) is 0 Å². The van der Waals surface area contributed by atoms with E-state index in [-0.39, 0.29) is 0 Å². The highest BCUT2D eigenvalue weighted by molar-refractivity contribution is 5.96. The van der Waals surface area contributed by atoms with Crippen molar-refractivity contribution >= 4 is 22.3 Å². The van der Waals surface area contributed by atoms with E-state index >= 15 is 0 Å². The molecule has 0 aliphatic carbocycles. The second kappa shape index (κ2) is 5.36. The number of fused-ring (bicyclic) bond motifs is 1. The molecule has 0 amide bonds. The summed E-state index contributed by atoms with van der Waals surface area (Å²) in [5.74, 6) is -1.71. The molecule has 2 aromatic carbocycles. The third kappa shape index (κ3) is 2.63. The SMILES string of the molecule is Nc1cnc2ccccc2c1NCc1ccc(F)c(F)c1. The van der Waals surface area contributed by atoms with Crippen LogP contribution in [0.25, 0.3) is 10.9 Å². The van der Waals surface area contributed by atoms with E-state index in [4.69, 9.17) is 5.73 Å². The molecule has 106 valence electrons. The average Bonchev–Trinajstić information content (AvgIpc) is 2.50. The van der Waals surface area contributed by atoms with E-state index in [1.807, 2.05) is 24.3 Å². The van der Waals surface area contributed by atoms with E-state index < -0.39 is 11.6 Å². The molecule has 0 bridgehead atoms. The number of nitrogen functional groups attached to an aromatic ring is 1. The third-order valence-electron chi connectivity index (χ3n) is 3.26. The highest BCUT2D eigenvalue weighted by atomic mass is 19.2. The van der Waals surface area contributed by atoms with Gasteiger partial charge in [0.2, 0.25) is 0 Å². The molecule has 3 rings (SSSR count). The smallest absolute Gasteiger partial charge is 0.159 e. The zero-order valence-electron chi connectivity index (χ0n) is 11.1. The summed E-state index contributed by atoms with van der Waals surface area (Å²) in [6, 6.07) is 11.4. The van der Waals surface area contributed by atoms with E-state index in [1.54, 1.807) is 6.20 Å². The second-order valence-corrected chi connectivity index (χ2v) is 4.71. The molecular weight excluding hydrogens is 272 g/mol. The van der Waals surface area contributed by atoms with Crippen LogP contribution >= 0.6 is 0 Å². The van der Waals surface area contributed by atoms with Crippen LogP contribution in [0.4, 0.5) is 20.2 Å². The van der Waals surface area contributed by atoms with Gasteiger partial charge in [-0.05, 0) is 23.8 Å². The van der Waals surface area contributed by atoms with Crippen molar-refractivity contribution in [1.82, 2.24) is 4.98 Å². The molecule has 0 atom stereocenters. The number of aromatic nitrogens is 1. The predicted molar refractivity (Wildman–Crippen MR) is 79.8 cm³/mol. The van der Waals surface area contributed by atoms with Gasteiger partial charge in [-0.15, -0.1) is 0 Å². The van der Waals surface area contributed by atoms with Crippen LogP contribution in [0.5, 0.6) is 0 Å². The maximum absolute atomic E-state index is 13.2. The van der Waals surface area contributed by atoms with Crippen molar-refractivity contribution in [3.63, 3.8) is 0 Å². The Labute approximate surface area is 120 Å². The zero-order valence-corrected chi connectivity index (χ0v) is 11.1. The fourth-order valence-corrected chi connectivity index (χ4v) is 2.19. The molecule has 0 aliphatic rings. The molecule has 0 aliphatic heterocycles. The van der Waals surface area contributed by atoms with Gasteiger partial charge < -0.3 is 11.1 Å². The summed E-state index contributed by atoms with van der Waals surface area (Å²) in [4.78, 5) is 4.25. The van der Waals surface area contributed by atoms with Crippen LogP contribution in [0.3, 0.4) is 0 Å². The summed E-state index contributed by atoms with van der Waals surface area (Å²) in [5, 5.41) is 4.05. The quantitative estimate of drug-likeness (QED) is 0.771. The van der Waals surface area contributed by atoms with Crippen LogP contribution in [-0.2, 0) is 6.54 Å². The van der Waals surface area contributed by atoms with E-state index in [9.17, 15) is 8.78 Å². The van der Waals surface area contributed by atoms with Crippen LogP contribution in [-0.4, -0.2) is 4.98 Å². The van der Waals surface area contributed by atoms with Crippen LogP contribution in [0.1, 0.15) is 5.56 Å². The normalized spacial score (nSPS) is 10.8. The number of rotatable bonds is 3. The summed E-state index contributed by atoms with van der Waals surface area (Å²) in [6.07, 6.45) is 1.58. The number of pyridine rings is 1. The molecule has 0 saturated carbocycles. The van der Waals surface area contributed by atoms with Gasteiger partial charge in [0.1, 0.15) is 0 Å². The van der Waals surface area contributed by atoms with Crippen molar-refractivity contribution in [1.29, 1.82) is 0 Å². The summed E-state index contributed by atoms with van der Waals surface area (Å²) < 4.78 is 26.1. The largest absolute Gasteiger partial charge is 0.396 e. The van der Waals surface area contributed by atoms with Crippen molar-refractivity contribution in [3.05, 3.63) is 65.9 Å². The molecule has 5 heteroatoms. The monoisotopic (exact) mass is 285 g/mol. The molecular formula is C16H13F2N3. The Morgan fingerprint density at radius 2 is 1.86 bits per heavy atom. The van der Waals surface area contributed by atoms with Crippen molar-refractivity contribution in [3.8, 4) is 0 Å². The Kier molecular flexibility index (Phi) is 3.39. The maximum Gasteiger partial charge on any atom is 0.159 e. The first-order chi connectivity index (χ1) is 10.1. The summed E-state index contributed by atoms with van der Waals surface area (Å²) in [5.41, 5.74) is 8.65. The Morgan fingerprint density at radius 1 is 1.05 bits per heavy atom. The minimum absolute atomic E-state index is 0.343. The molecule has 21 heavy (non-hydrogen) atoms. The molecule has 3 nitrogen and oxygen atoms in total. The van der Waals surface area contributed by atoms with Gasteiger partial charge in [-0.2, -0.15) is 0 Å². The molecule has 3 N–H and O–H groups in total. The lowest BCUT2D eigenvalue weighted by molar-refractivity contribution is 0.507. The fraction of sp³-hybridized carbons (Fsp3) is 0.0625. The highest BCUT2D eigenvalue weighted by Gasteiger charge is 2.07. The Balaban J connectivity index is 1.91. The molecule has 0 spiro atoms. The number of hydrogen-bond acceptors (Lipinski definition) is 3. The van der Waals surface area contributed by atoms with Crippen molar-refractivity contribution < 1.29 is 8.78 Å².